The van der Waals surface area contributed by atoms with E-state index in [0.29, 0.717) is 18.9 Å². The Bertz CT molecular complexity index is 404. The molecule has 0 aromatic rings. The Morgan fingerprint density at radius 1 is 1.24 bits per heavy atom. The van der Waals surface area contributed by atoms with Crippen LogP contribution >= 0.6 is 27.8 Å². The molecule has 0 saturated carbocycles. The summed E-state index contributed by atoms with van der Waals surface area (Å²) in [6, 6.07) is 0. The van der Waals surface area contributed by atoms with Gasteiger partial charge in [0.05, 0.1) is 6.16 Å². The SMILES string of the molecule is O=P(O)(O)CC(OC1CCC(CCCS)CN1)P(=O)(O)O. The molecule has 0 amide bonds. The van der Waals surface area contributed by atoms with Crippen LogP contribution in [0.2, 0.25) is 0 Å². The molecule has 1 fully saturated rings. The van der Waals surface area contributed by atoms with Crippen LogP contribution in [-0.2, 0) is 13.9 Å². The quantitative estimate of drug-likeness (QED) is 0.274. The molecule has 11 heteroatoms. The van der Waals surface area contributed by atoms with Gasteiger partial charge in [-0.3, -0.25) is 14.4 Å². The molecule has 5 N–H and O–H groups in total. The maximum absolute atomic E-state index is 11.3. The Morgan fingerprint density at radius 2 is 1.90 bits per heavy atom. The summed E-state index contributed by atoms with van der Waals surface area (Å²) in [4.78, 5) is 36.1. The Morgan fingerprint density at radius 3 is 2.33 bits per heavy atom. The monoisotopic (exact) mass is 363 g/mol. The molecule has 8 nitrogen and oxygen atoms in total. The second kappa shape index (κ2) is 8.43. The van der Waals surface area contributed by atoms with E-state index in [0.717, 1.165) is 25.0 Å². The molecule has 1 rings (SSSR count). The normalized spacial score (nSPS) is 25.8. The molecule has 0 bridgehead atoms. The van der Waals surface area contributed by atoms with Gasteiger partial charge in [-0.2, -0.15) is 12.6 Å². The number of hydrogen-bond donors (Lipinski definition) is 6. The molecule has 3 atom stereocenters. The first-order valence-electron chi connectivity index (χ1n) is 6.71. The van der Waals surface area contributed by atoms with Crippen molar-refractivity contribution in [2.45, 2.75) is 37.8 Å². The first-order valence-corrected chi connectivity index (χ1v) is 10.8. The molecule has 1 saturated heterocycles. The average Bonchev–Trinajstić information content (AvgIpc) is 2.34. The highest BCUT2D eigenvalue weighted by Gasteiger charge is 2.38. The number of hydrogen-bond acceptors (Lipinski definition) is 5. The van der Waals surface area contributed by atoms with Gasteiger partial charge < -0.3 is 24.3 Å². The van der Waals surface area contributed by atoms with Gasteiger partial charge >= 0.3 is 15.2 Å². The van der Waals surface area contributed by atoms with Crippen molar-refractivity contribution >= 4 is 27.8 Å². The molecule has 0 spiro atoms. The van der Waals surface area contributed by atoms with Crippen LogP contribution in [0.4, 0.5) is 0 Å². The standard InChI is InChI=1S/C10H23NO7P2S/c12-19(13,14)7-10(20(15,16)17)18-9-4-3-8(6-11-9)2-1-5-21/h8-11,21H,1-7H2,(H2,12,13,14)(H2,15,16,17). The van der Waals surface area contributed by atoms with Gasteiger partial charge in [0.1, 0.15) is 6.23 Å². The van der Waals surface area contributed by atoms with Gasteiger partial charge in [-0.15, -0.1) is 0 Å². The summed E-state index contributed by atoms with van der Waals surface area (Å²) in [6.45, 7) is 0.655. The predicted molar refractivity (Wildman–Crippen MR) is 81.4 cm³/mol. The number of thiol groups is 1. The van der Waals surface area contributed by atoms with Gasteiger partial charge in [-0.25, -0.2) is 0 Å². The van der Waals surface area contributed by atoms with Crippen molar-refractivity contribution < 1.29 is 33.4 Å². The van der Waals surface area contributed by atoms with Crippen LogP contribution < -0.4 is 5.32 Å². The highest BCUT2D eigenvalue weighted by atomic mass is 32.1. The van der Waals surface area contributed by atoms with Crippen molar-refractivity contribution in [3.8, 4) is 0 Å². The van der Waals surface area contributed by atoms with E-state index in [1.165, 1.54) is 0 Å². The summed E-state index contributed by atoms with van der Waals surface area (Å²) in [7, 11) is -9.30. The van der Waals surface area contributed by atoms with Crippen molar-refractivity contribution in [3.63, 3.8) is 0 Å². The Hall–Kier alpha value is 0.570. The van der Waals surface area contributed by atoms with Gasteiger partial charge in [0, 0.05) is 6.54 Å². The maximum atomic E-state index is 11.3. The van der Waals surface area contributed by atoms with Crippen LogP contribution in [0, 0.1) is 5.92 Å². The molecular weight excluding hydrogens is 340 g/mol. The van der Waals surface area contributed by atoms with Crippen molar-refractivity contribution in [3.05, 3.63) is 0 Å². The Labute approximate surface area is 129 Å². The fraction of sp³-hybridized carbons (Fsp3) is 1.00. The van der Waals surface area contributed by atoms with E-state index >= 15 is 0 Å². The Balaban J connectivity index is 2.50. The van der Waals surface area contributed by atoms with Gasteiger partial charge in [0.25, 0.3) is 0 Å². The van der Waals surface area contributed by atoms with E-state index in [9.17, 15) is 9.13 Å². The third-order valence-electron chi connectivity index (χ3n) is 3.33. The maximum Gasteiger partial charge on any atom is 0.354 e. The largest absolute Gasteiger partial charge is 0.354 e. The van der Waals surface area contributed by atoms with Gasteiger partial charge in [-0.05, 0) is 37.4 Å². The zero-order valence-electron chi connectivity index (χ0n) is 11.5. The van der Waals surface area contributed by atoms with E-state index < -0.39 is 33.4 Å². The number of nitrogens with one attached hydrogen (secondary N) is 1. The van der Waals surface area contributed by atoms with E-state index in [-0.39, 0.29) is 0 Å². The molecule has 1 heterocycles. The molecular formula is C10H23NO7P2S. The van der Waals surface area contributed by atoms with Crippen LogP contribution in [0.5, 0.6) is 0 Å². The number of ether oxygens (including phenoxy) is 1. The van der Waals surface area contributed by atoms with E-state index in [4.69, 9.17) is 24.3 Å². The molecule has 126 valence electrons. The summed E-state index contributed by atoms with van der Waals surface area (Å²) >= 11 is 4.15. The smallest absolute Gasteiger partial charge is 0.347 e. The fourth-order valence-corrected chi connectivity index (χ4v) is 4.72. The van der Waals surface area contributed by atoms with Crippen molar-refractivity contribution in [2.24, 2.45) is 5.92 Å². The molecule has 1 aliphatic heterocycles. The molecule has 3 unspecified atom stereocenters. The second-order valence-corrected chi connectivity index (χ2v) is 9.13. The lowest BCUT2D eigenvalue weighted by molar-refractivity contribution is -0.0184. The molecule has 0 aromatic carbocycles. The average molecular weight is 363 g/mol. The van der Waals surface area contributed by atoms with Gasteiger partial charge in [0.15, 0.2) is 5.85 Å². The zero-order valence-corrected chi connectivity index (χ0v) is 14.2. The van der Waals surface area contributed by atoms with E-state index in [1.54, 1.807) is 0 Å². The third-order valence-corrected chi connectivity index (χ3v) is 5.80. The minimum atomic E-state index is -4.74. The number of piperidine rings is 1. The van der Waals surface area contributed by atoms with Crippen LogP contribution in [0.15, 0.2) is 0 Å². The van der Waals surface area contributed by atoms with Crippen LogP contribution in [-0.4, -0.2) is 50.1 Å². The lowest BCUT2D eigenvalue weighted by Gasteiger charge is -2.32. The summed E-state index contributed by atoms with van der Waals surface area (Å²) < 4.78 is 27.4. The lowest BCUT2D eigenvalue weighted by Crippen LogP contribution is -2.43. The lowest BCUT2D eigenvalue weighted by atomic mass is 9.94. The highest BCUT2D eigenvalue weighted by molar-refractivity contribution is 7.80. The van der Waals surface area contributed by atoms with Gasteiger partial charge in [-0.1, -0.05) is 0 Å². The minimum Gasteiger partial charge on any atom is -0.347 e. The molecule has 0 aromatic heterocycles. The second-order valence-electron chi connectivity index (χ2n) is 5.23. The zero-order chi connectivity index (χ0) is 16.1. The summed E-state index contributed by atoms with van der Waals surface area (Å²) in [5.74, 6) is -0.504. The van der Waals surface area contributed by atoms with Crippen LogP contribution in [0.3, 0.4) is 0 Å². The first-order chi connectivity index (χ1) is 9.62. The van der Waals surface area contributed by atoms with Crippen molar-refractivity contribution in [1.29, 1.82) is 0 Å². The van der Waals surface area contributed by atoms with E-state index in [2.05, 4.69) is 17.9 Å². The third kappa shape index (κ3) is 8.11. The Kier molecular flexibility index (Phi) is 7.87. The van der Waals surface area contributed by atoms with Crippen molar-refractivity contribution in [2.75, 3.05) is 18.5 Å². The topological polar surface area (TPSA) is 136 Å². The molecule has 21 heavy (non-hydrogen) atoms. The molecule has 1 aliphatic rings. The predicted octanol–water partition coefficient (Wildman–Crippen LogP) is 0.720. The van der Waals surface area contributed by atoms with Crippen molar-refractivity contribution in [1.82, 2.24) is 5.32 Å². The molecule has 0 aliphatic carbocycles. The fourth-order valence-electron chi connectivity index (χ4n) is 2.25. The minimum absolute atomic E-state index is 0.465. The number of rotatable bonds is 8. The molecule has 0 radical (unpaired) electrons. The van der Waals surface area contributed by atoms with E-state index in [1.807, 2.05) is 0 Å². The summed E-state index contributed by atoms with van der Waals surface area (Å²) in [5.41, 5.74) is 0. The summed E-state index contributed by atoms with van der Waals surface area (Å²) in [5, 5.41) is 3.02. The highest BCUT2D eigenvalue weighted by Crippen LogP contribution is 2.49. The van der Waals surface area contributed by atoms with Gasteiger partial charge in [0.2, 0.25) is 0 Å². The first kappa shape index (κ1) is 19.6. The van der Waals surface area contributed by atoms with Crippen LogP contribution in [0.25, 0.3) is 0 Å². The summed E-state index contributed by atoms with van der Waals surface area (Å²) in [6.07, 6.45) is 1.84. The van der Waals surface area contributed by atoms with Crippen LogP contribution in [0.1, 0.15) is 25.7 Å².